The van der Waals surface area contributed by atoms with E-state index in [9.17, 15) is 0 Å². The van der Waals surface area contributed by atoms with E-state index in [1.54, 1.807) is 0 Å². The van der Waals surface area contributed by atoms with Gasteiger partial charge in [-0.05, 0) is 40.5 Å². The fourth-order valence-electron chi connectivity index (χ4n) is 2.18. The maximum atomic E-state index is 5.97. The molecule has 0 radical (unpaired) electrons. The molecule has 1 rings (SSSR count). The molecule has 0 aromatic carbocycles. The standard InChI is InChI=1S/C12H24O2/c1-10(2)13-12(3,4)14-11-8-6-5-7-9-11/h10-11H,5-9H2,1-4H3. The molecule has 0 aliphatic heterocycles. The van der Waals surface area contributed by atoms with Gasteiger partial charge in [-0.1, -0.05) is 19.3 Å². The third-order valence-corrected chi connectivity index (χ3v) is 2.52. The van der Waals surface area contributed by atoms with Gasteiger partial charge in [0, 0.05) is 0 Å². The highest BCUT2D eigenvalue weighted by Gasteiger charge is 2.26. The first-order chi connectivity index (χ1) is 6.49. The molecule has 0 heterocycles. The Morgan fingerprint density at radius 3 is 2.14 bits per heavy atom. The summed E-state index contributed by atoms with van der Waals surface area (Å²) in [5.74, 6) is -0.420. The summed E-state index contributed by atoms with van der Waals surface area (Å²) in [6, 6.07) is 0. The average Bonchev–Trinajstić information content (AvgIpc) is 2.02. The summed E-state index contributed by atoms with van der Waals surface area (Å²) in [4.78, 5) is 0. The predicted molar refractivity (Wildman–Crippen MR) is 58.3 cm³/mol. The largest absolute Gasteiger partial charge is 0.348 e. The molecule has 0 amide bonds. The van der Waals surface area contributed by atoms with Crippen molar-refractivity contribution in [1.82, 2.24) is 0 Å². The minimum atomic E-state index is -0.420. The fourth-order valence-corrected chi connectivity index (χ4v) is 2.18. The molecule has 2 nitrogen and oxygen atoms in total. The SMILES string of the molecule is CC(C)OC(C)(C)OC1CCCCC1. The predicted octanol–water partition coefficient (Wildman–Crippen LogP) is 3.50. The van der Waals surface area contributed by atoms with Crippen molar-refractivity contribution >= 4 is 0 Å². The first-order valence-electron chi connectivity index (χ1n) is 5.85. The lowest BCUT2D eigenvalue weighted by atomic mass is 9.97. The quantitative estimate of drug-likeness (QED) is 0.647. The molecule has 0 bridgehead atoms. The van der Waals surface area contributed by atoms with E-state index < -0.39 is 5.79 Å². The van der Waals surface area contributed by atoms with Gasteiger partial charge in [-0.3, -0.25) is 0 Å². The van der Waals surface area contributed by atoms with Crippen molar-refractivity contribution in [1.29, 1.82) is 0 Å². The maximum Gasteiger partial charge on any atom is 0.163 e. The van der Waals surface area contributed by atoms with Crippen molar-refractivity contribution < 1.29 is 9.47 Å². The van der Waals surface area contributed by atoms with E-state index in [1.165, 1.54) is 32.1 Å². The zero-order chi connectivity index (χ0) is 10.6. The lowest BCUT2D eigenvalue weighted by molar-refractivity contribution is -0.255. The van der Waals surface area contributed by atoms with E-state index in [2.05, 4.69) is 0 Å². The number of rotatable bonds is 4. The van der Waals surface area contributed by atoms with E-state index in [0.717, 1.165) is 0 Å². The van der Waals surface area contributed by atoms with E-state index in [4.69, 9.17) is 9.47 Å². The zero-order valence-electron chi connectivity index (χ0n) is 10.0. The summed E-state index contributed by atoms with van der Waals surface area (Å²) in [6.07, 6.45) is 7.03. The molecule has 0 N–H and O–H groups in total. The van der Waals surface area contributed by atoms with Crippen LogP contribution in [0.5, 0.6) is 0 Å². The van der Waals surface area contributed by atoms with E-state index in [-0.39, 0.29) is 6.10 Å². The summed E-state index contributed by atoms with van der Waals surface area (Å²) in [7, 11) is 0. The smallest absolute Gasteiger partial charge is 0.163 e. The minimum absolute atomic E-state index is 0.230. The van der Waals surface area contributed by atoms with Gasteiger partial charge < -0.3 is 9.47 Å². The van der Waals surface area contributed by atoms with Gasteiger partial charge in [0.1, 0.15) is 0 Å². The normalized spacial score (nSPS) is 20.4. The molecule has 1 saturated carbocycles. The first-order valence-corrected chi connectivity index (χ1v) is 5.85. The van der Waals surface area contributed by atoms with Crippen LogP contribution in [0.15, 0.2) is 0 Å². The van der Waals surface area contributed by atoms with E-state index in [1.807, 2.05) is 27.7 Å². The molecule has 84 valence electrons. The topological polar surface area (TPSA) is 18.5 Å². The third kappa shape index (κ3) is 4.43. The highest BCUT2D eigenvalue weighted by atomic mass is 16.7. The Morgan fingerprint density at radius 2 is 1.64 bits per heavy atom. The maximum absolute atomic E-state index is 5.97. The van der Waals surface area contributed by atoms with Crippen LogP contribution in [-0.4, -0.2) is 18.0 Å². The van der Waals surface area contributed by atoms with Gasteiger partial charge in [-0.2, -0.15) is 0 Å². The van der Waals surface area contributed by atoms with Crippen LogP contribution in [0.2, 0.25) is 0 Å². The Kier molecular flexibility index (Phi) is 4.39. The van der Waals surface area contributed by atoms with Crippen molar-refractivity contribution in [2.45, 2.75) is 77.8 Å². The molecule has 0 unspecified atom stereocenters. The lowest BCUT2D eigenvalue weighted by Gasteiger charge is -2.34. The van der Waals surface area contributed by atoms with E-state index in [0.29, 0.717) is 6.10 Å². The van der Waals surface area contributed by atoms with Gasteiger partial charge in [-0.15, -0.1) is 0 Å². The van der Waals surface area contributed by atoms with Crippen LogP contribution >= 0.6 is 0 Å². The molecule has 1 aliphatic carbocycles. The van der Waals surface area contributed by atoms with Gasteiger partial charge in [0.2, 0.25) is 0 Å². The van der Waals surface area contributed by atoms with Crippen molar-refractivity contribution in [2.75, 3.05) is 0 Å². The Balaban J connectivity index is 2.32. The second kappa shape index (κ2) is 5.13. The Hall–Kier alpha value is -0.0800. The van der Waals surface area contributed by atoms with Gasteiger partial charge in [0.15, 0.2) is 5.79 Å². The number of ether oxygens (including phenoxy) is 2. The molecule has 2 heteroatoms. The molecule has 1 fully saturated rings. The molecule has 0 spiro atoms. The molecule has 1 aliphatic rings. The van der Waals surface area contributed by atoms with E-state index >= 15 is 0 Å². The van der Waals surface area contributed by atoms with Gasteiger partial charge in [0.05, 0.1) is 12.2 Å². The summed E-state index contributed by atoms with van der Waals surface area (Å²) in [5.41, 5.74) is 0. The number of hydrogen-bond donors (Lipinski definition) is 0. The van der Waals surface area contributed by atoms with Crippen LogP contribution < -0.4 is 0 Å². The van der Waals surface area contributed by atoms with Crippen LogP contribution in [0.25, 0.3) is 0 Å². The minimum Gasteiger partial charge on any atom is -0.348 e. The second-order valence-corrected chi connectivity index (χ2v) is 4.94. The zero-order valence-corrected chi connectivity index (χ0v) is 10.0. The van der Waals surface area contributed by atoms with Crippen LogP contribution in [0.3, 0.4) is 0 Å². The third-order valence-electron chi connectivity index (χ3n) is 2.52. The molecular weight excluding hydrogens is 176 g/mol. The van der Waals surface area contributed by atoms with Crippen molar-refractivity contribution in [3.63, 3.8) is 0 Å². The van der Waals surface area contributed by atoms with Gasteiger partial charge in [0.25, 0.3) is 0 Å². The Labute approximate surface area is 88.0 Å². The summed E-state index contributed by atoms with van der Waals surface area (Å²) >= 11 is 0. The molecule has 0 aromatic rings. The Bertz CT molecular complexity index is 158. The highest BCUT2D eigenvalue weighted by Crippen LogP contribution is 2.26. The lowest BCUT2D eigenvalue weighted by Crippen LogP contribution is -2.36. The second-order valence-electron chi connectivity index (χ2n) is 4.94. The molecule has 0 aromatic heterocycles. The first kappa shape index (κ1) is 12.0. The van der Waals surface area contributed by atoms with Crippen molar-refractivity contribution in [2.24, 2.45) is 0 Å². The summed E-state index contributed by atoms with van der Waals surface area (Å²) in [6.45, 7) is 8.13. The number of hydrogen-bond acceptors (Lipinski definition) is 2. The average molecular weight is 200 g/mol. The van der Waals surface area contributed by atoms with Crippen molar-refractivity contribution in [3.05, 3.63) is 0 Å². The van der Waals surface area contributed by atoms with Crippen LogP contribution in [0.4, 0.5) is 0 Å². The van der Waals surface area contributed by atoms with Crippen molar-refractivity contribution in [3.8, 4) is 0 Å². The molecule has 0 saturated heterocycles. The molecule has 14 heavy (non-hydrogen) atoms. The van der Waals surface area contributed by atoms with Gasteiger partial charge in [-0.25, -0.2) is 0 Å². The Morgan fingerprint density at radius 1 is 1.07 bits per heavy atom. The molecular formula is C12H24O2. The van der Waals surface area contributed by atoms with Crippen LogP contribution in [0.1, 0.15) is 59.8 Å². The van der Waals surface area contributed by atoms with Gasteiger partial charge >= 0.3 is 0 Å². The molecule has 0 atom stereocenters. The summed E-state index contributed by atoms with van der Waals surface area (Å²) in [5, 5.41) is 0. The highest BCUT2D eigenvalue weighted by molar-refractivity contribution is 4.68. The summed E-state index contributed by atoms with van der Waals surface area (Å²) < 4.78 is 11.7. The van der Waals surface area contributed by atoms with Crippen LogP contribution in [0, 0.1) is 0 Å². The van der Waals surface area contributed by atoms with Crippen LogP contribution in [-0.2, 0) is 9.47 Å². The fraction of sp³-hybridized carbons (Fsp3) is 1.00. The monoisotopic (exact) mass is 200 g/mol.